The molecule has 3 unspecified atom stereocenters. The Morgan fingerprint density at radius 3 is 1.80 bits per heavy atom. The average Bonchev–Trinajstić information content (AvgIpc) is 2.38. The highest BCUT2D eigenvalue weighted by Crippen LogP contribution is 2.27. The lowest BCUT2D eigenvalue weighted by atomic mass is 9.83. The van der Waals surface area contributed by atoms with Crippen LogP contribution in [0.3, 0.4) is 0 Å². The van der Waals surface area contributed by atoms with Crippen molar-refractivity contribution < 1.29 is 4.39 Å². The zero-order chi connectivity index (χ0) is 15.7. The van der Waals surface area contributed by atoms with E-state index in [0.717, 1.165) is 29.7 Å². The third kappa shape index (κ3) is 9.12. The highest BCUT2D eigenvalue weighted by molar-refractivity contribution is 5.22. The minimum Gasteiger partial charge on any atom is -0.208 e. The summed E-state index contributed by atoms with van der Waals surface area (Å²) in [6, 6.07) is 0. The smallest absolute Gasteiger partial charge is 0.116 e. The Balaban J connectivity index is 4.07. The van der Waals surface area contributed by atoms with E-state index in [9.17, 15) is 4.39 Å². The van der Waals surface area contributed by atoms with E-state index in [-0.39, 0.29) is 0 Å². The average molecular weight is 280 g/mol. The minimum absolute atomic E-state index is 0.408. The van der Waals surface area contributed by atoms with Gasteiger partial charge < -0.3 is 0 Å². The number of allylic oxidation sites excluding steroid dienone is 4. The fourth-order valence-electron chi connectivity index (χ4n) is 2.23. The Morgan fingerprint density at radius 1 is 0.850 bits per heavy atom. The number of halogens is 1. The molecule has 0 amide bonds. The molecule has 0 saturated carbocycles. The molecule has 0 heterocycles. The highest BCUT2D eigenvalue weighted by Gasteiger charge is 2.14. The van der Waals surface area contributed by atoms with Crippen molar-refractivity contribution in [3.05, 3.63) is 36.7 Å². The lowest BCUT2D eigenvalue weighted by molar-refractivity contribution is 0.306. The molecule has 0 spiro atoms. The van der Waals surface area contributed by atoms with Crippen molar-refractivity contribution in [3.63, 3.8) is 0 Å². The third-order valence-electron chi connectivity index (χ3n) is 4.34. The summed E-state index contributed by atoms with van der Waals surface area (Å²) in [4.78, 5) is 0. The third-order valence-corrected chi connectivity index (χ3v) is 4.34. The molecule has 0 aliphatic rings. The molecule has 0 saturated heterocycles. The van der Waals surface area contributed by atoms with E-state index in [1.165, 1.54) is 25.3 Å². The topological polar surface area (TPSA) is 0 Å². The van der Waals surface area contributed by atoms with E-state index in [1.54, 1.807) is 6.08 Å². The second-order valence-corrected chi connectivity index (χ2v) is 6.76. The van der Waals surface area contributed by atoms with Gasteiger partial charge in [-0.2, -0.15) is 0 Å². The van der Waals surface area contributed by atoms with E-state index in [4.69, 9.17) is 0 Å². The molecule has 116 valence electrons. The van der Waals surface area contributed by atoms with E-state index in [2.05, 4.69) is 47.8 Å². The van der Waals surface area contributed by atoms with Gasteiger partial charge in [0.05, 0.1) is 0 Å². The SMILES string of the molecule is C=C(F)/C=C\C(=C)C(C)CCC(C)C(C)CCC(C)C. The molecule has 0 aromatic rings. The van der Waals surface area contributed by atoms with Gasteiger partial charge >= 0.3 is 0 Å². The van der Waals surface area contributed by atoms with Gasteiger partial charge in [-0.25, -0.2) is 4.39 Å². The first-order valence-corrected chi connectivity index (χ1v) is 7.95. The van der Waals surface area contributed by atoms with E-state index in [1.807, 2.05) is 0 Å². The van der Waals surface area contributed by atoms with Crippen molar-refractivity contribution in [2.45, 2.75) is 60.3 Å². The zero-order valence-corrected chi connectivity index (χ0v) is 14.1. The van der Waals surface area contributed by atoms with E-state index < -0.39 is 5.83 Å². The minimum atomic E-state index is -0.408. The molecular formula is C19H33F. The van der Waals surface area contributed by atoms with Gasteiger partial charge in [-0.1, -0.05) is 72.3 Å². The van der Waals surface area contributed by atoms with Crippen molar-refractivity contribution in [3.8, 4) is 0 Å². The maximum atomic E-state index is 12.6. The molecular weight excluding hydrogens is 247 g/mol. The number of hydrogen-bond donors (Lipinski definition) is 0. The molecule has 20 heavy (non-hydrogen) atoms. The Hall–Kier alpha value is -0.850. The molecule has 0 aliphatic carbocycles. The van der Waals surface area contributed by atoms with Crippen LogP contribution in [-0.2, 0) is 0 Å². The summed E-state index contributed by atoms with van der Waals surface area (Å²) < 4.78 is 12.6. The Kier molecular flexibility index (Phi) is 9.54. The second kappa shape index (κ2) is 9.96. The number of rotatable bonds is 10. The first kappa shape index (κ1) is 19.1. The second-order valence-electron chi connectivity index (χ2n) is 6.76. The predicted octanol–water partition coefficient (Wildman–Crippen LogP) is 6.71. The van der Waals surface area contributed by atoms with Gasteiger partial charge in [0.2, 0.25) is 0 Å². The van der Waals surface area contributed by atoms with Gasteiger partial charge in [0.1, 0.15) is 5.83 Å². The van der Waals surface area contributed by atoms with E-state index in [0.29, 0.717) is 5.92 Å². The van der Waals surface area contributed by atoms with Crippen molar-refractivity contribution in [1.82, 2.24) is 0 Å². The van der Waals surface area contributed by atoms with Crippen molar-refractivity contribution >= 4 is 0 Å². The standard InChI is InChI=1S/C19H33F/c1-14(2)8-9-15(3)16(4)10-11-17(5)18(6)12-13-19(7)20/h12-17H,6-11H2,1-5H3/b13-12-. The largest absolute Gasteiger partial charge is 0.208 e. The molecule has 3 atom stereocenters. The summed E-state index contributed by atoms with van der Waals surface area (Å²) >= 11 is 0. The monoisotopic (exact) mass is 280 g/mol. The van der Waals surface area contributed by atoms with Crippen LogP contribution in [0.5, 0.6) is 0 Å². The van der Waals surface area contributed by atoms with Crippen LogP contribution in [-0.4, -0.2) is 0 Å². The van der Waals surface area contributed by atoms with Crippen LogP contribution in [0.4, 0.5) is 4.39 Å². The summed E-state index contributed by atoms with van der Waals surface area (Å²) in [5, 5.41) is 0. The fraction of sp³-hybridized carbons (Fsp3) is 0.684. The summed E-state index contributed by atoms with van der Waals surface area (Å²) in [5.74, 6) is 2.31. The molecule has 0 aromatic heterocycles. The lowest BCUT2D eigenvalue weighted by Crippen LogP contribution is -2.11. The van der Waals surface area contributed by atoms with Crippen molar-refractivity contribution in [2.75, 3.05) is 0 Å². The van der Waals surface area contributed by atoms with Crippen molar-refractivity contribution in [1.29, 1.82) is 0 Å². The zero-order valence-electron chi connectivity index (χ0n) is 14.1. The molecule has 0 aromatic carbocycles. The van der Waals surface area contributed by atoms with Crippen LogP contribution in [0.25, 0.3) is 0 Å². The Morgan fingerprint density at radius 2 is 1.35 bits per heavy atom. The summed E-state index contributed by atoms with van der Waals surface area (Å²) in [5.41, 5.74) is 0.992. The van der Waals surface area contributed by atoms with Crippen LogP contribution >= 0.6 is 0 Å². The summed E-state index contributed by atoms with van der Waals surface area (Å²) in [6.07, 6.45) is 8.11. The summed E-state index contributed by atoms with van der Waals surface area (Å²) in [7, 11) is 0. The van der Waals surface area contributed by atoms with Crippen LogP contribution < -0.4 is 0 Å². The van der Waals surface area contributed by atoms with Crippen LogP contribution in [0.1, 0.15) is 60.3 Å². The molecule has 0 aliphatic heterocycles. The molecule has 0 N–H and O–H groups in total. The van der Waals surface area contributed by atoms with Gasteiger partial charge in [0.15, 0.2) is 0 Å². The van der Waals surface area contributed by atoms with Gasteiger partial charge in [-0.3, -0.25) is 0 Å². The molecule has 0 radical (unpaired) electrons. The van der Waals surface area contributed by atoms with Gasteiger partial charge in [-0.05, 0) is 42.6 Å². The maximum absolute atomic E-state index is 12.6. The Labute approximate surface area is 125 Å². The normalized spacial score (nSPS) is 16.4. The van der Waals surface area contributed by atoms with Crippen LogP contribution in [0.2, 0.25) is 0 Å². The lowest BCUT2D eigenvalue weighted by Gasteiger charge is -2.22. The fourth-order valence-corrected chi connectivity index (χ4v) is 2.23. The van der Waals surface area contributed by atoms with Gasteiger partial charge in [0.25, 0.3) is 0 Å². The first-order valence-electron chi connectivity index (χ1n) is 7.95. The highest BCUT2D eigenvalue weighted by atomic mass is 19.1. The van der Waals surface area contributed by atoms with Crippen molar-refractivity contribution in [2.24, 2.45) is 23.7 Å². The molecule has 0 fully saturated rings. The van der Waals surface area contributed by atoms with Gasteiger partial charge in [0, 0.05) is 0 Å². The quantitative estimate of drug-likeness (QED) is 0.390. The van der Waals surface area contributed by atoms with Gasteiger partial charge in [-0.15, -0.1) is 0 Å². The van der Waals surface area contributed by atoms with Crippen LogP contribution in [0, 0.1) is 23.7 Å². The molecule has 0 bridgehead atoms. The molecule has 0 nitrogen and oxygen atoms in total. The van der Waals surface area contributed by atoms with Crippen LogP contribution in [0.15, 0.2) is 36.7 Å². The predicted molar refractivity (Wildman–Crippen MR) is 89.3 cm³/mol. The van der Waals surface area contributed by atoms with E-state index >= 15 is 0 Å². The summed E-state index contributed by atoms with van der Waals surface area (Å²) in [6.45, 7) is 18.7. The Bertz CT molecular complexity index is 325. The molecule has 1 heteroatoms. The maximum Gasteiger partial charge on any atom is 0.116 e. The number of hydrogen-bond acceptors (Lipinski definition) is 0. The first-order chi connectivity index (χ1) is 9.23. The molecule has 0 rings (SSSR count).